The van der Waals surface area contributed by atoms with E-state index in [1.165, 1.54) is 6.92 Å². The highest BCUT2D eigenvalue weighted by Gasteiger charge is 1.93. The average Bonchev–Trinajstić information content (AvgIpc) is 2.30. The Morgan fingerprint density at radius 1 is 1.24 bits per heavy atom. The molecule has 17 heavy (non-hydrogen) atoms. The van der Waals surface area contributed by atoms with Crippen molar-refractivity contribution in [1.29, 1.82) is 0 Å². The first kappa shape index (κ1) is 13.1. The molecule has 0 aliphatic carbocycles. The monoisotopic (exact) mass is 249 g/mol. The summed E-state index contributed by atoms with van der Waals surface area (Å²) in [5, 5.41) is 4.74. The van der Waals surface area contributed by atoms with Gasteiger partial charge in [0, 0.05) is 13.1 Å². The highest BCUT2D eigenvalue weighted by Crippen LogP contribution is 2.02. The van der Waals surface area contributed by atoms with Crippen LogP contribution >= 0.6 is 12.4 Å². The lowest BCUT2D eigenvalue weighted by Crippen LogP contribution is -2.09. The second-order valence-electron chi connectivity index (χ2n) is 3.30. The molecule has 4 nitrogen and oxygen atoms in total. The van der Waals surface area contributed by atoms with E-state index < -0.39 is 0 Å². The lowest BCUT2D eigenvalue weighted by Gasteiger charge is -2.02. The van der Waals surface area contributed by atoms with Crippen molar-refractivity contribution in [1.82, 2.24) is 9.78 Å². The second-order valence-corrected chi connectivity index (χ2v) is 3.30. The van der Waals surface area contributed by atoms with E-state index in [4.69, 9.17) is 0 Å². The van der Waals surface area contributed by atoms with Crippen LogP contribution in [0.15, 0.2) is 53.8 Å². The van der Waals surface area contributed by atoms with Crippen molar-refractivity contribution in [2.75, 3.05) is 0 Å². The Labute approximate surface area is 105 Å². The molecule has 88 valence electrons. The minimum absolute atomic E-state index is 0. The number of para-hydroxylation sites is 1. The van der Waals surface area contributed by atoms with Gasteiger partial charge in [-0.2, -0.15) is 5.10 Å². The van der Waals surface area contributed by atoms with Gasteiger partial charge in [0.2, 0.25) is 5.91 Å². The van der Waals surface area contributed by atoms with Gasteiger partial charge in [0.05, 0.1) is 17.2 Å². The number of carbonyl (C=O) groups excluding carboxylic acids is 1. The molecule has 1 heterocycles. The van der Waals surface area contributed by atoms with E-state index in [9.17, 15) is 4.79 Å². The molecule has 0 spiro atoms. The SMILES string of the molecule is CC(=O)N=c1ccn(-c2ccccc2)nc1.Cl. The van der Waals surface area contributed by atoms with Crippen LogP contribution in [0.1, 0.15) is 6.92 Å². The summed E-state index contributed by atoms with van der Waals surface area (Å²) in [5.74, 6) is -0.223. The molecule has 0 atom stereocenters. The van der Waals surface area contributed by atoms with Gasteiger partial charge in [0.25, 0.3) is 0 Å². The van der Waals surface area contributed by atoms with Crippen LogP contribution in [0.4, 0.5) is 0 Å². The minimum atomic E-state index is -0.223. The van der Waals surface area contributed by atoms with Crippen LogP contribution in [-0.2, 0) is 4.79 Å². The molecular weight excluding hydrogens is 238 g/mol. The third-order valence-corrected chi connectivity index (χ3v) is 2.01. The Balaban J connectivity index is 0.00000144. The fourth-order valence-corrected chi connectivity index (χ4v) is 1.33. The van der Waals surface area contributed by atoms with Crippen molar-refractivity contribution in [2.24, 2.45) is 4.99 Å². The summed E-state index contributed by atoms with van der Waals surface area (Å²) in [4.78, 5) is 14.5. The molecule has 0 aliphatic rings. The number of rotatable bonds is 1. The van der Waals surface area contributed by atoms with Crippen LogP contribution in [0.25, 0.3) is 5.69 Å². The highest BCUT2D eigenvalue weighted by atomic mass is 35.5. The zero-order valence-corrected chi connectivity index (χ0v) is 10.1. The molecule has 1 aromatic carbocycles. The van der Waals surface area contributed by atoms with E-state index in [1.54, 1.807) is 23.1 Å². The van der Waals surface area contributed by atoms with E-state index in [2.05, 4.69) is 10.1 Å². The van der Waals surface area contributed by atoms with E-state index in [0.29, 0.717) is 5.36 Å². The number of nitrogens with zero attached hydrogens (tertiary/aromatic N) is 3. The molecule has 0 radical (unpaired) electrons. The van der Waals surface area contributed by atoms with Gasteiger partial charge >= 0.3 is 0 Å². The van der Waals surface area contributed by atoms with Crippen LogP contribution in [-0.4, -0.2) is 15.7 Å². The molecule has 2 rings (SSSR count). The number of halogens is 1. The van der Waals surface area contributed by atoms with Crippen LogP contribution in [0.2, 0.25) is 0 Å². The fourth-order valence-electron chi connectivity index (χ4n) is 1.33. The maximum atomic E-state index is 10.8. The maximum Gasteiger partial charge on any atom is 0.243 e. The normalized spacial score (nSPS) is 10.8. The lowest BCUT2D eigenvalue weighted by atomic mass is 10.3. The van der Waals surface area contributed by atoms with Crippen LogP contribution in [0, 0.1) is 0 Å². The van der Waals surface area contributed by atoms with Crippen LogP contribution < -0.4 is 5.36 Å². The van der Waals surface area contributed by atoms with Crippen LogP contribution in [0.3, 0.4) is 0 Å². The minimum Gasteiger partial charge on any atom is -0.273 e. The summed E-state index contributed by atoms with van der Waals surface area (Å²) < 4.78 is 1.72. The second kappa shape index (κ2) is 5.96. The van der Waals surface area contributed by atoms with Gasteiger partial charge in [0.15, 0.2) is 0 Å². The number of aromatic nitrogens is 2. The predicted octanol–water partition coefficient (Wildman–Crippen LogP) is 1.74. The van der Waals surface area contributed by atoms with E-state index in [1.807, 2.05) is 30.3 Å². The topological polar surface area (TPSA) is 47.2 Å². The summed E-state index contributed by atoms with van der Waals surface area (Å²) in [6.07, 6.45) is 3.34. The molecule has 0 saturated heterocycles. The largest absolute Gasteiger partial charge is 0.273 e. The Morgan fingerprint density at radius 2 is 1.94 bits per heavy atom. The molecule has 5 heteroatoms. The Kier molecular flexibility index (Phi) is 4.60. The van der Waals surface area contributed by atoms with Gasteiger partial charge in [-0.25, -0.2) is 9.67 Å². The third kappa shape index (κ3) is 3.53. The first-order valence-electron chi connectivity index (χ1n) is 4.91. The van der Waals surface area contributed by atoms with Crippen molar-refractivity contribution in [3.63, 3.8) is 0 Å². The standard InChI is InChI=1S/C12H11N3O.ClH/c1-10(16)14-11-7-8-15(13-9-11)12-5-3-2-4-6-12;/h2-9H,1H3;1H. The average molecular weight is 250 g/mol. The molecular formula is C12H12ClN3O. The number of amides is 1. The van der Waals surface area contributed by atoms with Crippen molar-refractivity contribution < 1.29 is 4.79 Å². The molecule has 0 unspecified atom stereocenters. The Morgan fingerprint density at radius 3 is 2.47 bits per heavy atom. The smallest absolute Gasteiger partial charge is 0.243 e. The van der Waals surface area contributed by atoms with Gasteiger partial charge < -0.3 is 0 Å². The Bertz CT molecular complexity index is 543. The van der Waals surface area contributed by atoms with Gasteiger partial charge in [-0.3, -0.25) is 4.79 Å². The summed E-state index contributed by atoms with van der Waals surface area (Å²) >= 11 is 0. The fraction of sp³-hybridized carbons (Fsp3) is 0.0833. The molecule has 0 N–H and O–H groups in total. The van der Waals surface area contributed by atoms with Gasteiger partial charge in [-0.15, -0.1) is 12.4 Å². The molecule has 0 fully saturated rings. The highest BCUT2D eigenvalue weighted by molar-refractivity contribution is 5.85. The van der Waals surface area contributed by atoms with Gasteiger partial charge in [-0.05, 0) is 18.2 Å². The maximum absolute atomic E-state index is 10.8. The van der Waals surface area contributed by atoms with E-state index in [0.717, 1.165) is 5.69 Å². The predicted molar refractivity (Wildman–Crippen MR) is 67.1 cm³/mol. The molecule has 0 aliphatic heterocycles. The zero-order valence-electron chi connectivity index (χ0n) is 9.28. The number of carbonyl (C=O) groups is 1. The van der Waals surface area contributed by atoms with E-state index >= 15 is 0 Å². The summed E-state index contributed by atoms with van der Waals surface area (Å²) in [6.45, 7) is 1.41. The summed E-state index contributed by atoms with van der Waals surface area (Å²) in [6, 6.07) is 11.5. The lowest BCUT2D eigenvalue weighted by molar-refractivity contribution is -0.116. The molecule has 1 amide bonds. The first-order chi connectivity index (χ1) is 7.75. The number of benzene rings is 1. The van der Waals surface area contributed by atoms with Crippen molar-refractivity contribution >= 4 is 18.3 Å². The number of hydrogen-bond donors (Lipinski definition) is 0. The van der Waals surface area contributed by atoms with Gasteiger partial charge in [-0.1, -0.05) is 18.2 Å². The summed E-state index contributed by atoms with van der Waals surface area (Å²) in [7, 11) is 0. The van der Waals surface area contributed by atoms with Gasteiger partial charge in [0.1, 0.15) is 0 Å². The Hall–Kier alpha value is -1.94. The first-order valence-corrected chi connectivity index (χ1v) is 4.91. The van der Waals surface area contributed by atoms with Crippen molar-refractivity contribution in [2.45, 2.75) is 6.92 Å². The van der Waals surface area contributed by atoms with E-state index in [-0.39, 0.29) is 18.3 Å². The number of hydrogen-bond acceptors (Lipinski definition) is 2. The molecule has 1 aromatic heterocycles. The van der Waals surface area contributed by atoms with Crippen molar-refractivity contribution in [3.8, 4) is 5.69 Å². The molecule has 0 bridgehead atoms. The summed E-state index contributed by atoms with van der Waals surface area (Å²) in [5.41, 5.74) is 0.969. The molecule has 0 saturated carbocycles. The van der Waals surface area contributed by atoms with Crippen molar-refractivity contribution in [3.05, 3.63) is 54.1 Å². The third-order valence-electron chi connectivity index (χ3n) is 2.01. The molecule has 2 aromatic rings. The zero-order chi connectivity index (χ0) is 11.4. The van der Waals surface area contributed by atoms with Crippen LogP contribution in [0.5, 0.6) is 0 Å². The quantitative estimate of drug-likeness (QED) is 0.773.